The van der Waals surface area contributed by atoms with Gasteiger partial charge >= 0.3 is 0 Å². The molecule has 1 heterocycles. The van der Waals surface area contributed by atoms with E-state index in [1.54, 1.807) is 12.1 Å². The number of aromatic nitrogens is 2. The Kier molecular flexibility index (Phi) is 3.61. The molecule has 0 unspecified atom stereocenters. The number of imidazole rings is 1. The number of carbonyl (C=O) groups excluding carboxylic acids is 1. The number of carbonyl (C=O) groups is 1. The quantitative estimate of drug-likeness (QED) is 0.646. The van der Waals surface area contributed by atoms with Crippen molar-refractivity contribution in [3.05, 3.63) is 17.7 Å². The minimum absolute atomic E-state index is 0.310. The molecule has 1 aromatic rings. The van der Waals surface area contributed by atoms with E-state index in [2.05, 4.69) is 9.97 Å². The summed E-state index contributed by atoms with van der Waals surface area (Å²) in [5.41, 5.74) is 5.37. The van der Waals surface area contributed by atoms with Crippen molar-refractivity contribution in [3.8, 4) is 0 Å². The van der Waals surface area contributed by atoms with Crippen molar-refractivity contribution in [2.45, 2.75) is 13.5 Å². The molecule has 0 atom stereocenters. The van der Waals surface area contributed by atoms with Gasteiger partial charge in [-0.15, -0.1) is 0 Å². The van der Waals surface area contributed by atoms with Crippen LogP contribution in [0.4, 0.5) is 0 Å². The predicted molar refractivity (Wildman–Crippen MR) is 50.2 cm³/mol. The zero-order valence-electron chi connectivity index (χ0n) is 8.28. The molecule has 0 saturated heterocycles. The van der Waals surface area contributed by atoms with Gasteiger partial charge in [0.15, 0.2) is 0 Å². The summed E-state index contributed by atoms with van der Waals surface area (Å²) in [5, 5.41) is 1.63. The SMILES string of the molecule is CCON(C)Cc1ncc(C(N)=O)[nH]1. The van der Waals surface area contributed by atoms with Gasteiger partial charge in [-0.05, 0) is 6.92 Å². The Morgan fingerprint density at radius 3 is 3.00 bits per heavy atom. The number of nitrogens with two attached hydrogens (primary N) is 1. The number of rotatable bonds is 5. The lowest BCUT2D eigenvalue weighted by Crippen LogP contribution is -2.19. The topological polar surface area (TPSA) is 84.2 Å². The van der Waals surface area contributed by atoms with Crippen LogP contribution in [-0.4, -0.2) is 34.6 Å². The van der Waals surface area contributed by atoms with Crippen LogP contribution in [-0.2, 0) is 11.4 Å². The standard InChI is InChI=1S/C8H14N4O2/c1-3-14-12(2)5-7-10-4-6(11-7)8(9)13/h4H,3,5H2,1-2H3,(H2,9,13)(H,10,11). The maximum atomic E-state index is 10.7. The average Bonchev–Trinajstić information content (AvgIpc) is 2.53. The number of nitrogens with zero attached hydrogens (tertiary/aromatic N) is 2. The zero-order chi connectivity index (χ0) is 10.6. The summed E-state index contributed by atoms with van der Waals surface area (Å²) in [6.45, 7) is 2.98. The first-order valence-corrected chi connectivity index (χ1v) is 4.31. The average molecular weight is 198 g/mol. The number of aromatic amines is 1. The maximum absolute atomic E-state index is 10.7. The molecule has 0 aliphatic heterocycles. The Labute approximate surface area is 82.0 Å². The third-order valence-electron chi connectivity index (χ3n) is 1.62. The Balaban J connectivity index is 2.55. The third-order valence-corrected chi connectivity index (χ3v) is 1.62. The lowest BCUT2D eigenvalue weighted by Gasteiger charge is -2.12. The normalized spacial score (nSPS) is 10.8. The van der Waals surface area contributed by atoms with Crippen LogP contribution < -0.4 is 5.73 Å². The Morgan fingerprint density at radius 1 is 1.79 bits per heavy atom. The van der Waals surface area contributed by atoms with Gasteiger partial charge < -0.3 is 10.7 Å². The predicted octanol–water partition coefficient (Wildman–Crippen LogP) is -0.108. The van der Waals surface area contributed by atoms with Crippen LogP contribution in [0.3, 0.4) is 0 Å². The summed E-state index contributed by atoms with van der Waals surface area (Å²) in [4.78, 5) is 22.7. The fraction of sp³-hybridized carbons (Fsp3) is 0.500. The Bertz CT molecular complexity index is 310. The number of hydrogen-bond donors (Lipinski definition) is 2. The van der Waals surface area contributed by atoms with Crippen molar-refractivity contribution in [2.75, 3.05) is 13.7 Å². The minimum Gasteiger partial charge on any atom is -0.364 e. The van der Waals surface area contributed by atoms with Gasteiger partial charge in [0.05, 0.1) is 19.3 Å². The third kappa shape index (κ3) is 2.82. The van der Waals surface area contributed by atoms with Crippen LogP contribution in [0.15, 0.2) is 6.20 Å². The highest BCUT2D eigenvalue weighted by molar-refractivity contribution is 5.90. The summed E-state index contributed by atoms with van der Waals surface area (Å²) < 4.78 is 0. The molecule has 0 aliphatic carbocycles. The number of hydroxylamine groups is 2. The molecule has 1 rings (SSSR count). The van der Waals surface area contributed by atoms with Crippen molar-refractivity contribution < 1.29 is 9.63 Å². The van der Waals surface area contributed by atoms with Crippen LogP contribution in [0, 0.1) is 0 Å². The second kappa shape index (κ2) is 4.73. The van der Waals surface area contributed by atoms with Gasteiger partial charge in [0.25, 0.3) is 5.91 Å². The molecule has 6 heteroatoms. The first kappa shape index (κ1) is 10.7. The molecule has 0 aliphatic rings. The molecule has 78 valence electrons. The van der Waals surface area contributed by atoms with Gasteiger partial charge in [-0.3, -0.25) is 9.63 Å². The highest BCUT2D eigenvalue weighted by Gasteiger charge is 2.07. The highest BCUT2D eigenvalue weighted by Crippen LogP contribution is 1.99. The Hall–Kier alpha value is -1.40. The summed E-state index contributed by atoms with van der Waals surface area (Å²) in [5.74, 6) is 0.137. The lowest BCUT2D eigenvalue weighted by atomic mass is 10.5. The van der Waals surface area contributed by atoms with Crippen molar-refractivity contribution in [2.24, 2.45) is 5.73 Å². The molecule has 6 nitrogen and oxygen atoms in total. The van der Waals surface area contributed by atoms with E-state index in [-0.39, 0.29) is 0 Å². The van der Waals surface area contributed by atoms with E-state index in [1.165, 1.54) is 6.20 Å². The number of hydrogen-bond acceptors (Lipinski definition) is 4. The van der Waals surface area contributed by atoms with E-state index in [0.717, 1.165) is 0 Å². The van der Waals surface area contributed by atoms with E-state index in [0.29, 0.717) is 24.7 Å². The van der Waals surface area contributed by atoms with E-state index < -0.39 is 5.91 Å². The van der Waals surface area contributed by atoms with Gasteiger partial charge in [-0.25, -0.2) is 4.98 Å². The maximum Gasteiger partial charge on any atom is 0.266 e. The van der Waals surface area contributed by atoms with Crippen LogP contribution >= 0.6 is 0 Å². The van der Waals surface area contributed by atoms with Gasteiger partial charge in [0.1, 0.15) is 11.5 Å². The Morgan fingerprint density at radius 2 is 2.50 bits per heavy atom. The molecular formula is C8H14N4O2. The fourth-order valence-corrected chi connectivity index (χ4v) is 1.04. The smallest absolute Gasteiger partial charge is 0.266 e. The number of nitrogens with one attached hydrogen (secondary N) is 1. The largest absolute Gasteiger partial charge is 0.364 e. The molecule has 3 N–H and O–H groups in total. The number of primary amides is 1. The molecular weight excluding hydrogens is 184 g/mol. The fourth-order valence-electron chi connectivity index (χ4n) is 1.04. The van der Waals surface area contributed by atoms with Gasteiger partial charge in [0.2, 0.25) is 0 Å². The van der Waals surface area contributed by atoms with Gasteiger partial charge in [-0.1, -0.05) is 0 Å². The summed E-state index contributed by atoms with van der Waals surface area (Å²) in [6.07, 6.45) is 1.41. The number of H-pyrrole nitrogens is 1. The number of amides is 1. The van der Waals surface area contributed by atoms with Crippen LogP contribution in [0.25, 0.3) is 0 Å². The van der Waals surface area contributed by atoms with Gasteiger partial charge in [0, 0.05) is 7.05 Å². The molecule has 0 fully saturated rings. The van der Waals surface area contributed by atoms with E-state index >= 15 is 0 Å². The van der Waals surface area contributed by atoms with Crippen molar-refractivity contribution >= 4 is 5.91 Å². The molecule has 1 aromatic heterocycles. The highest BCUT2D eigenvalue weighted by atomic mass is 16.7. The molecule has 0 saturated carbocycles. The summed E-state index contributed by atoms with van der Waals surface area (Å²) in [7, 11) is 1.79. The second-order valence-electron chi connectivity index (χ2n) is 2.81. The first-order valence-electron chi connectivity index (χ1n) is 4.31. The van der Waals surface area contributed by atoms with Crippen LogP contribution in [0.2, 0.25) is 0 Å². The summed E-state index contributed by atoms with van der Waals surface area (Å²) >= 11 is 0. The minimum atomic E-state index is -0.511. The molecule has 0 radical (unpaired) electrons. The second-order valence-corrected chi connectivity index (χ2v) is 2.81. The van der Waals surface area contributed by atoms with Crippen molar-refractivity contribution in [1.82, 2.24) is 15.0 Å². The molecule has 0 bridgehead atoms. The first-order chi connectivity index (χ1) is 6.63. The summed E-state index contributed by atoms with van der Waals surface area (Å²) in [6, 6.07) is 0. The van der Waals surface area contributed by atoms with Gasteiger partial charge in [-0.2, -0.15) is 5.06 Å². The monoisotopic (exact) mass is 198 g/mol. The zero-order valence-corrected chi connectivity index (χ0v) is 8.28. The molecule has 0 aromatic carbocycles. The van der Waals surface area contributed by atoms with Crippen LogP contribution in [0.5, 0.6) is 0 Å². The van der Waals surface area contributed by atoms with E-state index in [9.17, 15) is 4.79 Å². The lowest BCUT2D eigenvalue weighted by molar-refractivity contribution is -0.142. The van der Waals surface area contributed by atoms with Crippen LogP contribution in [0.1, 0.15) is 23.2 Å². The van der Waals surface area contributed by atoms with Crippen molar-refractivity contribution in [3.63, 3.8) is 0 Å². The van der Waals surface area contributed by atoms with E-state index in [1.807, 2.05) is 6.92 Å². The molecule has 14 heavy (non-hydrogen) atoms. The van der Waals surface area contributed by atoms with E-state index in [4.69, 9.17) is 10.6 Å². The molecule has 1 amide bonds. The van der Waals surface area contributed by atoms with Crippen molar-refractivity contribution in [1.29, 1.82) is 0 Å². The molecule has 0 spiro atoms.